The zero-order chi connectivity index (χ0) is 11.4. The average Bonchev–Trinajstić information content (AvgIpc) is 2.67. The van der Waals surface area contributed by atoms with E-state index in [2.05, 4.69) is 24.1 Å². The summed E-state index contributed by atoms with van der Waals surface area (Å²) in [6.07, 6.45) is 1.53. The molecule has 0 bridgehead atoms. The van der Waals surface area contributed by atoms with Gasteiger partial charge in [0.15, 0.2) is 0 Å². The number of morpholine rings is 1. The first kappa shape index (κ1) is 12.3. The molecule has 0 spiro atoms. The standard InChI is InChI=1S/C12H24N2O2/c1-10-9-15-8-6-14(10)5-4-13-12-3-7-16-11(12)2/h10-13H,3-9H2,1-2H3. The molecule has 0 aromatic rings. The van der Waals surface area contributed by atoms with Gasteiger partial charge in [-0.2, -0.15) is 0 Å². The molecule has 2 aliphatic heterocycles. The van der Waals surface area contributed by atoms with Crippen LogP contribution in [0.25, 0.3) is 0 Å². The van der Waals surface area contributed by atoms with Gasteiger partial charge in [-0.25, -0.2) is 0 Å². The quantitative estimate of drug-likeness (QED) is 0.758. The molecule has 16 heavy (non-hydrogen) atoms. The molecule has 0 aromatic heterocycles. The Kier molecular flexibility index (Phi) is 4.58. The second-order valence-corrected chi connectivity index (χ2v) is 4.89. The minimum Gasteiger partial charge on any atom is -0.379 e. The lowest BCUT2D eigenvalue weighted by Crippen LogP contribution is -2.48. The van der Waals surface area contributed by atoms with E-state index in [1.165, 1.54) is 0 Å². The Balaban J connectivity index is 1.63. The van der Waals surface area contributed by atoms with Crippen LogP contribution in [-0.2, 0) is 9.47 Å². The Morgan fingerprint density at radius 2 is 2.19 bits per heavy atom. The summed E-state index contributed by atoms with van der Waals surface area (Å²) < 4.78 is 11.0. The first-order valence-corrected chi connectivity index (χ1v) is 6.44. The van der Waals surface area contributed by atoms with Crippen LogP contribution in [0.3, 0.4) is 0 Å². The van der Waals surface area contributed by atoms with Gasteiger partial charge in [0.25, 0.3) is 0 Å². The van der Waals surface area contributed by atoms with Crippen molar-refractivity contribution in [2.45, 2.75) is 38.5 Å². The molecule has 4 heteroatoms. The lowest BCUT2D eigenvalue weighted by Gasteiger charge is -2.33. The fourth-order valence-corrected chi connectivity index (χ4v) is 2.49. The second-order valence-electron chi connectivity index (χ2n) is 4.89. The highest BCUT2D eigenvalue weighted by molar-refractivity contribution is 4.80. The summed E-state index contributed by atoms with van der Waals surface area (Å²) in [5.41, 5.74) is 0. The summed E-state index contributed by atoms with van der Waals surface area (Å²) in [6.45, 7) is 10.3. The third-order valence-corrected chi connectivity index (χ3v) is 3.69. The highest BCUT2D eigenvalue weighted by Crippen LogP contribution is 2.12. The topological polar surface area (TPSA) is 33.7 Å². The van der Waals surface area contributed by atoms with Crippen LogP contribution >= 0.6 is 0 Å². The largest absolute Gasteiger partial charge is 0.379 e. The molecule has 2 rings (SSSR count). The van der Waals surface area contributed by atoms with Crippen molar-refractivity contribution in [1.29, 1.82) is 0 Å². The third kappa shape index (κ3) is 3.17. The van der Waals surface area contributed by atoms with Crippen molar-refractivity contribution in [2.75, 3.05) is 39.5 Å². The van der Waals surface area contributed by atoms with Crippen LogP contribution in [0.1, 0.15) is 20.3 Å². The van der Waals surface area contributed by atoms with E-state index in [0.29, 0.717) is 18.2 Å². The van der Waals surface area contributed by atoms with Gasteiger partial charge in [-0.15, -0.1) is 0 Å². The predicted molar refractivity (Wildman–Crippen MR) is 63.7 cm³/mol. The molecule has 0 radical (unpaired) electrons. The highest BCUT2D eigenvalue weighted by Gasteiger charge is 2.24. The summed E-state index contributed by atoms with van der Waals surface area (Å²) in [6, 6.07) is 1.11. The van der Waals surface area contributed by atoms with E-state index in [0.717, 1.165) is 45.9 Å². The Labute approximate surface area is 98.3 Å². The number of ether oxygens (including phenoxy) is 2. The van der Waals surface area contributed by atoms with Crippen molar-refractivity contribution < 1.29 is 9.47 Å². The maximum Gasteiger partial charge on any atom is 0.0700 e. The van der Waals surface area contributed by atoms with Crippen molar-refractivity contribution in [3.63, 3.8) is 0 Å². The number of nitrogens with one attached hydrogen (secondary N) is 1. The molecule has 0 aliphatic carbocycles. The number of nitrogens with zero attached hydrogens (tertiary/aromatic N) is 1. The molecule has 4 nitrogen and oxygen atoms in total. The van der Waals surface area contributed by atoms with E-state index in [1.54, 1.807) is 0 Å². The molecule has 0 aromatic carbocycles. The minimum absolute atomic E-state index is 0.377. The van der Waals surface area contributed by atoms with Gasteiger partial charge in [-0.3, -0.25) is 4.90 Å². The van der Waals surface area contributed by atoms with Crippen LogP contribution in [0.2, 0.25) is 0 Å². The molecule has 3 unspecified atom stereocenters. The van der Waals surface area contributed by atoms with Gasteiger partial charge in [0, 0.05) is 38.3 Å². The monoisotopic (exact) mass is 228 g/mol. The third-order valence-electron chi connectivity index (χ3n) is 3.69. The number of hydrogen-bond donors (Lipinski definition) is 1. The molecule has 1 N–H and O–H groups in total. The van der Waals surface area contributed by atoms with Gasteiger partial charge in [-0.05, 0) is 20.3 Å². The molecular formula is C12H24N2O2. The molecule has 2 aliphatic rings. The summed E-state index contributed by atoms with van der Waals surface area (Å²) in [7, 11) is 0. The SMILES string of the molecule is CC1OCCC1NCCN1CCOCC1C. The lowest BCUT2D eigenvalue weighted by atomic mass is 10.1. The van der Waals surface area contributed by atoms with Gasteiger partial charge in [0.2, 0.25) is 0 Å². The average molecular weight is 228 g/mol. The summed E-state index contributed by atoms with van der Waals surface area (Å²) in [5.74, 6) is 0. The van der Waals surface area contributed by atoms with Crippen molar-refractivity contribution in [2.24, 2.45) is 0 Å². The molecule has 94 valence electrons. The fourth-order valence-electron chi connectivity index (χ4n) is 2.49. The second kappa shape index (κ2) is 5.96. The van der Waals surface area contributed by atoms with E-state index < -0.39 is 0 Å². The van der Waals surface area contributed by atoms with Crippen LogP contribution in [-0.4, -0.2) is 62.5 Å². The van der Waals surface area contributed by atoms with Gasteiger partial charge in [0.1, 0.15) is 0 Å². The molecule has 0 saturated carbocycles. The molecule has 3 atom stereocenters. The van der Waals surface area contributed by atoms with E-state index in [4.69, 9.17) is 9.47 Å². The fraction of sp³-hybridized carbons (Fsp3) is 1.00. The van der Waals surface area contributed by atoms with E-state index in [1.807, 2.05) is 0 Å². The van der Waals surface area contributed by atoms with Gasteiger partial charge in [-0.1, -0.05) is 0 Å². The van der Waals surface area contributed by atoms with Crippen LogP contribution in [0, 0.1) is 0 Å². The summed E-state index contributed by atoms with van der Waals surface area (Å²) in [4.78, 5) is 2.50. The van der Waals surface area contributed by atoms with Crippen molar-refractivity contribution in [3.8, 4) is 0 Å². The predicted octanol–water partition coefficient (Wildman–Crippen LogP) is 0.474. The van der Waals surface area contributed by atoms with Gasteiger partial charge >= 0.3 is 0 Å². The Bertz CT molecular complexity index is 213. The number of hydrogen-bond acceptors (Lipinski definition) is 4. The Morgan fingerprint density at radius 1 is 1.31 bits per heavy atom. The van der Waals surface area contributed by atoms with Crippen LogP contribution in [0.15, 0.2) is 0 Å². The van der Waals surface area contributed by atoms with Crippen molar-refractivity contribution in [1.82, 2.24) is 10.2 Å². The van der Waals surface area contributed by atoms with Crippen LogP contribution < -0.4 is 5.32 Å². The van der Waals surface area contributed by atoms with E-state index in [9.17, 15) is 0 Å². The highest BCUT2D eigenvalue weighted by atomic mass is 16.5. The Morgan fingerprint density at radius 3 is 2.88 bits per heavy atom. The van der Waals surface area contributed by atoms with Crippen LogP contribution in [0.4, 0.5) is 0 Å². The van der Waals surface area contributed by atoms with E-state index >= 15 is 0 Å². The molecule has 2 fully saturated rings. The maximum absolute atomic E-state index is 5.53. The van der Waals surface area contributed by atoms with Gasteiger partial charge < -0.3 is 14.8 Å². The molecular weight excluding hydrogens is 204 g/mol. The maximum atomic E-state index is 5.53. The van der Waals surface area contributed by atoms with Crippen molar-refractivity contribution in [3.05, 3.63) is 0 Å². The normalized spacial score (nSPS) is 36.8. The minimum atomic E-state index is 0.377. The lowest BCUT2D eigenvalue weighted by molar-refractivity contribution is -0.000131. The first-order chi connectivity index (χ1) is 7.77. The molecule has 2 saturated heterocycles. The molecule has 2 heterocycles. The van der Waals surface area contributed by atoms with Gasteiger partial charge in [0.05, 0.1) is 19.3 Å². The van der Waals surface area contributed by atoms with Crippen molar-refractivity contribution >= 4 is 0 Å². The van der Waals surface area contributed by atoms with Crippen LogP contribution in [0.5, 0.6) is 0 Å². The summed E-state index contributed by atoms with van der Waals surface area (Å²) >= 11 is 0. The van der Waals surface area contributed by atoms with E-state index in [-0.39, 0.29) is 0 Å². The zero-order valence-electron chi connectivity index (χ0n) is 10.4. The summed E-state index contributed by atoms with van der Waals surface area (Å²) in [5, 5.41) is 3.59. The zero-order valence-corrected chi connectivity index (χ0v) is 10.4. The number of rotatable bonds is 4. The Hall–Kier alpha value is -0.160. The molecule has 0 amide bonds. The first-order valence-electron chi connectivity index (χ1n) is 6.44. The smallest absolute Gasteiger partial charge is 0.0700 e.